The molecule has 0 unspecified atom stereocenters. The zero-order valence-electron chi connectivity index (χ0n) is 12.8. The first-order chi connectivity index (χ1) is 11.4. The average molecular weight is 297 g/mol. The molecule has 0 amide bonds. The fraction of sp³-hybridized carbons (Fsp3) is 0.0476. The van der Waals surface area contributed by atoms with Crippen LogP contribution in [0.15, 0.2) is 66.7 Å². The first kappa shape index (κ1) is 12.5. The number of ether oxygens (including phenoxy) is 1. The van der Waals surface area contributed by atoms with Gasteiger partial charge >= 0.3 is 0 Å². The quantitative estimate of drug-likeness (QED) is 0.398. The van der Waals surface area contributed by atoms with Crippen molar-refractivity contribution in [3.63, 3.8) is 0 Å². The summed E-state index contributed by atoms with van der Waals surface area (Å²) in [5, 5.41) is 7.40. The monoisotopic (exact) mass is 297 g/mol. The zero-order valence-corrected chi connectivity index (χ0v) is 12.8. The highest BCUT2D eigenvalue weighted by atomic mass is 16.5. The van der Waals surface area contributed by atoms with Gasteiger partial charge in [0.15, 0.2) is 0 Å². The molecular formula is C21H15NO. The Balaban J connectivity index is 2.22. The molecule has 1 heterocycles. The summed E-state index contributed by atoms with van der Waals surface area (Å²) in [4.78, 5) is 3.61. The lowest BCUT2D eigenvalue weighted by molar-refractivity contribution is 0.420. The molecule has 2 heteroatoms. The van der Waals surface area contributed by atoms with Crippen molar-refractivity contribution < 1.29 is 4.74 Å². The highest BCUT2D eigenvalue weighted by molar-refractivity contribution is 6.32. The van der Waals surface area contributed by atoms with E-state index in [1.54, 1.807) is 7.11 Å². The van der Waals surface area contributed by atoms with Crippen LogP contribution in [0.5, 0.6) is 5.75 Å². The molecule has 0 atom stereocenters. The Morgan fingerprint density at radius 3 is 2.17 bits per heavy atom. The Hall–Kier alpha value is -3.00. The molecule has 0 radical (unpaired) electrons. The Bertz CT molecular complexity index is 1200. The predicted molar refractivity (Wildman–Crippen MR) is 97.4 cm³/mol. The van der Waals surface area contributed by atoms with Gasteiger partial charge in [-0.25, -0.2) is 0 Å². The number of benzene rings is 4. The fourth-order valence-electron chi connectivity index (χ4n) is 3.73. The van der Waals surface area contributed by atoms with Gasteiger partial charge in [-0.15, -0.1) is 0 Å². The molecule has 23 heavy (non-hydrogen) atoms. The number of methoxy groups -OCH3 is 1. The number of rotatable bonds is 1. The second-order valence-electron chi connectivity index (χ2n) is 5.85. The SMILES string of the molecule is COc1cccc2c1c1ccccc1c1[nH]c3ccccc3c21. The van der Waals surface area contributed by atoms with Crippen LogP contribution in [0.1, 0.15) is 0 Å². The predicted octanol–water partition coefficient (Wildman–Crippen LogP) is 5.64. The Kier molecular flexibility index (Phi) is 2.45. The third-order valence-corrected chi connectivity index (χ3v) is 4.69. The van der Waals surface area contributed by atoms with Crippen molar-refractivity contribution in [1.82, 2.24) is 4.98 Å². The molecular weight excluding hydrogens is 282 g/mol. The maximum Gasteiger partial charge on any atom is 0.127 e. The molecule has 0 saturated carbocycles. The van der Waals surface area contributed by atoms with Gasteiger partial charge in [-0.3, -0.25) is 0 Å². The van der Waals surface area contributed by atoms with Gasteiger partial charge < -0.3 is 9.72 Å². The van der Waals surface area contributed by atoms with E-state index in [4.69, 9.17) is 4.74 Å². The second kappa shape index (κ2) is 4.50. The van der Waals surface area contributed by atoms with Crippen LogP contribution in [-0.4, -0.2) is 12.1 Å². The Morgan fingerprint density at radius 1 is 0.652 bits per heavy atom. The molecule has 5 rings (SSSR count). The van der Waals surface area contributed by atoms with Gasteiger partial charge in [0.25, 0.3) is 0 Å². The standard InChI is InChI=1S/C21H15NO/c1-23-18-12-6-10-16-19(18)13-7-2-3-8-14(13)21-20(16)15-9-4-5-11-17(15)22-21/h2-12,22H,1H3. The first-order valence-electron chi connectivity index (χ1n) is 7.76. The van der Waals surface area contributed by atoms with E-state index in [1.165, 1.54) is 43.4 Å². The second-order valence-corrected chi connectivity index (χ2v) is 5.85. The molecule has 5 aromatic rings. The molecule has 0 aliphatic rings. The molecule has 0 fully saturated rings. The molecule has 0 spiro atoms. The van der Waals surface area contributed by atoms with E-state index in [2.05, 4.69) is 65.6 Å². The number of para-hydroxylation sites is 1. The van der Waals surface area contributed by atoms with E-state index in [-0.39, 0.29) is 0 Å². The van der Waals surface area contributed by atoms with E-state index in [9.17, 15) is 0 Å². The van der Waals surface area contributed by atoms with Gasteiger partial charge in [0.2, 0.25) is 0 Å². The number of fused-ring (bicyclic) bond motifs is 8. The minimum atomic E-state index is 0.922. The van der Waals surface area contributed by atoms with Crippen LogP contribution in [-0.2, 0) is 0 Å². The molecule has 4 aromatic carbocycles. The third kappa shape index (κ3) is 1.58. The fourth-order valence-corrected chi connectivity index (χ4v) is 3.73. The summed E-state index contributed by atoms with van der Waals surface area (Å²) in [6, 6.07) is 23.3. The summed E-state index contributed by atoms with van der Waals surface area (Å²) in [6.07, 6.45) is 0. The van der Waals surface area contributed by atoms with Crippen molar-refractivity contribution in [1.29, 1.82) is 0 Å². The van der Waals surface area contributed by atoms with Gasteiger partial charge in [0, 0.05) is 27.1 Å². The van der Waals surface area contributed by atoms with E-state index in [0.717, 1.165) is 5.75 Å². The minimum Gasteiger partial charge on any atom is -0.496 e. The Labute approximate surface area is 133 Å². The average Bonchev–Trinajstić information content (AvgIpc) is 3.01. The van der Waals surface area contributed by atoms with Crippen molar-refractivity contribution in [2.75, 3.05) is 7.11 Å². The highest BCUT2D eigenvalue weighted by Crippen LogP contribution is 2.41. The molecule has 0 bridgehead atoms. The third-order valence-electron chi connectivity index (χ3n) is 4.69. The van der Waals surface area contributed by atoms with Crippen LogP contribution in [0, 0.1) is 0 Å². The summed E-state index contributed by atoms with van der Waals surface area (Å²) in [7, 11) is 1.74. The first-order valence-corrected chi connectivity index (χ1v) is 7.76. The maximum atomic E-state index is 5.66. The maximum absolute atomic E-state index is 5.66. The van der Waals surface area contributed by atoms with Crippen molar-refractivity contribution in [2.24, 2.45) is 0 Å². The van der Waals surface area contributed by atoms with E-state index >= 15 is 0 Å². The summed E-state index contributed by atoms with van der Waals surface area (Å²) in [5.41, 5.74) is 2.37. The van der Waals surface area contributed by atoms with Gasteiger partial charge in [-0.1, -0.05) is 54.6 Å². The van der Waals surface area contributed by atoms with Crippen LogP contribution < -0.4 is 4.74 Å². The normalized spacial score (nSPS) is 11.7. The van der Waals surface area contributed by atoms with Gasteiger partial charge in [-0.2, -0.15) is 0 Å². The van der Waals surface area contributed by atoms with E-state index in [1.807, 2.05) is 6.07 Å². The topological polar surface area (TPSA) is 25.0 Å². The van der Waals surface area contributed by atoms with E-state index < -0.39 is 0 Å². The van der Waals surface area contributed by atoms with Gasteiger partial charge in [-0.05, 0) is 22.9 Å². The number of H-pyrrole nitrogens is 1. The van der Waals surface area contributed by atoms with E-state index in [0.29, 0.717) is 0 Å². The number of hydrogen-bond acceptors (Lipinski definition) is 1. The molecule has 0 saturated heterocycles. The highest BCUT2D eigenvalue weighted by Gasteiger charge is 2.15. The minimum absolute atomic E-state index is 0.922. The number of aromatic nitrogens is 1. The Morgan fingerprint density at radius 2 is 1.35 bits per heavy atom. The van der Waals surface area contributed by atoms with Crippen LogP contribution in [0.2, 0.25) is 0 Å². The van der Waals surface area contributed by atoms with Crippen molar-refractivity contribution in [3.05, 3.63) is 66.7 Å². The summed E-state index contributed by atoms with van der Waals surface area (Å²) in [6.45, 7) is 0. The smallest absolute Gasteiger partial charge is 0.127 e. The molecule has 1 aromatic heterocycles. The molecule has 1 N–H and O–H groups in total. The molecule has 2 nitrogen and oxygen atoms in total. The van der Waals surface area contributed by atoms with Crippen LogP contribution in [0.25, 0.3) is 43.4 Å². The van der Waals surface area contributed by atoms with Gasteiger partial charge in [0.05, 0.1) is 12.6 Å². The largest absolute Gasteiger partial charge is 0.496 e. The van der Waals surface area contributed by atoms with Gasteiger partial charge in [0.1, 0.15) is 5.75 Å². The van der Waals surface area contributed by atoms with Crippen LogP contribution in [0.3, 0.4) is 0 Å². The van der Waals surface area contributed by atoms with Crippen LogP contribution >= 0.6 is 0 Å². The van der Waals surface area contributed by atoms with Crippen molar-refractivity contribution >= 4 is 43.4 Å². The summed E-state index contributed by atoms with van der Waals surface area (Å²) < 4.78 is 5.66. The number of nitrogens with one attached hydrogen (secondary N) is 1. The summed E-state index contributed by atoms with van der Waals surface area (Å²) in [5.74, 6) is 0.922. The number of aromatic amines is 1. The lowest BCUT2D eigenvalue weighted by Gasteiger charge is -2.11. The molecule has 0 aliphatic heterocycles. The van der Waals surface area contributed by atoms with Crippen molar-refractivity contribution in [3.8, 4) is 5.75 Å². The molecule has 110 valence electrons. The van der Waals surface area contributed by atoms with Crippen molar-refractivity contribution in [2.45, 2.75) is 0 Å². The number of hydrogen-bond donors (Lipinski definition) is 1. The zero-order chi connectivity index (χ0) is 15.4. The lowest BCUT2D eigenvalue weighted by atomic mass is 9.96. The van der Waals surface area contributed by atoms with Crippen LogP contribution in [0.4, 0.5) is 0 Å². The molecule has 0 aliphatic carbocycles. The summed E-state index contributed by atoms with van der Waals surface area (Å²) >= 11 is 0. The lowest BCUT2D eigenvalue weighted by Crippen LogP contribution is -1.87.